The highest BCUT2D eigenvalue weighted by Crippen LogP contribution is 2.23. The van der Waals surface area contributed by atoms with Crippen LogP contribution in [0, 0.1) is 0 Å². The Bertz CT molecular complexity index is 849. The van der Waals surface area contributed by atoms with Gasteiger partial charge in [0.05, 0.1) is 11.7 Å². The predicted octanol–water partition coefficient (Wildman–Crippen LogP) is 2.43. The zero-order chi connectivity index (χ0) is 16.5. The maximum atomic E-state index is 12.2. The largest absolute Gasteiger partial charge is 0.349 e. The maximum absolute atomic E-state index is 12.2. The van der Waals surface area contributed by atoms with E-state index in [1.54, 1.807) is 23.7 Å². The Balaban J connectivity index is 1.42. The minimum absolute atomic E-state index is 0.0310. The molecule has 0 aromatic carbocycles. The van der Waals surface area contributed by atoms with Gasteiger partial charge < -0.3 is 14.8 Å². The van der Waals surface area contributed by atoms with E-state index in [4.69, 9.17) is 4.98 Å². The molecule has 1 aliphatic rings. The highest BCUT2D eigenvalue weighted by atomic mass is 32.1. The molecule has 0 unspecified atom stereocenters. The van der Waals surface area contributed by atoms with E-state index in [0.717, 1.165) is 48.5 Å². The Morgan fingerprint density at radius 3 is 2.88 bits per heavy atom. The van der Waals surface area contributed by atoms with Crippen molar-refractivity contribution in [2.24, 2.45) is 7.05 Å². The molecule has 0 saturated carbocycles. The number of rotatable bonds is 3. The number of amides is 1. The van der Waals surface area contributed by atoms with Crippen LogP contribution in [0.5, 0.6) is 0 Å². The smallest absolute Gasteiger partial charge is 0.252 e. The molecular weight excluding hydrogens is 322 g/mol. The summed E-state index contributed by atoms with van der Waals surface area (Å²) in [5.74, 6) is 1.00. The van der Waals surface area contributed by atoms with Crippen LogP contribution in [-0.2, 0) is 7.05 Å². The van der Waals surface area contributed by atoms with Gasteiger partial charge in [-0.05, 0) is 30.4 Å². The number of anilines is 1. The highest BCUT2D eigenvalue weighted by Gasteiger charge is 2.24. The van der Waals surface area contributed by atoms with Crippen LogP contribution in [0.2, 0.25) is 0 Å². The van der Waals surface area contributed by atoms with Gasteiger partial charge in [0.1, 0.15) is 5.52 Å². The SMILES string of the molecule is Cn1c(N2CCC(NC(=O)c3ccsc3)CC2)nc2cnccc21. The molecular formula is C17H19N5OS. The first-order valence-electron chi connectivity index (χ1n) is 8.07. The molecule has 6 nitrogen and oxygen atoms in total. The maximum Gasteiger partial charge on any atom is 0.252 e. The number of imidazole rings is 1. The number of fused-ring (bicyclic) bond motifs is 1. The quantitative estimate of drug-likeness (QED) is 0.795. The lowest BCUT2D eigenvalue weighted by molar-refractivity contribution is 0.0931. The lowest BCUT2D eigenvalue weighted by Gasteiger charge is -2.33. The fourth-order valence-electron chi connectivity index (χ4n) is 3.21. The number of hydrogen-bond donors (Lipinski definition) is 1. The molecule has 24 heavy (non-hydrogen) atoms. The number of carbonyl (C=O) groups is 1. The second kappa shape index (κ2) is 6.24. The Morgan fingerprint density at radius 2 is 2.17 bits per heavy atom. The molecule has 0 spiro atoms. The molecule has 1 fully saturated rings. The molecule has 3 aromatic rings. The van der Waals surface area contributed by atoms with Crippen molar-refractivity contribution in [1.82, 2.24) is 19.9 Å². The van der Waals surface area contributed by atoms with Gasteiger partial charge >= 0.3 is 0 Å². The molecule has 1 aliphatic heterocycles. The molecule has 1 amide bonds. The van der Waals surface area contributed by atoms with Crippen LogP contribution < -0.4 is 10.2 Å². The van der Waals surface area contributed by atoms with E-state index in [9.17, 15) is 4.79 Å². The molecule has 3 aromatic heterocycles. The Kier molecular flexibility index (Phi) is 3.93. The van der Waals surface area contributed by atoms with Crippen molar-refractivity contribution in [1.29, 1.82) is 0 Å². The van der Waals surface area contributed by atoms with E-state index in [2.05, 4.69) is 19.8 Å². The van der Waals surface area contributed by atoms with Crippen LogP contribution in [0.25, 0.3) is 11.0 Å². The van der Waals surface area contributed by atoms with Crippen molar-refractivity contribution >= 4 is 34.2 Å². The van der Waals surface area contributed by atoms with Gasteiger partial charge in [0, 0.05) is 43.3 Å². The number of aromatic nitrogens is 3. The fraction of sp³-hybridized carbons (Fsp3) is 0.353. The number of nitrogens with one attached hydrogen (secondary N) is 1. The summed E-state index contributed by atoms with van der Waals surface area (Å²) < 4.78 is 2.11. The van der Waals surface area contributed by atoms with Crippen molar-refractivity contribution in [3.05, 3.63) is 40.8 Å². The number of aryl methyl sites for hydroxylation is 1. The number of pyridine rings is 1. The summed E-state index contributed by atoms with van der Waals surface area (Å²) in [6.45, 7) is 1.78. The van der Waals surface area contributed by atoms with Gasteiger partial charge in [-0.25, -0.2) is 4.98 Å². The summed E-state index contributed by atoms with van der Waals surface area (Å²) >= 11 is 1.55. The Labute approximate surface area is 144 Å². The molecule has 0 bridgehead atoms. The van der Waals surface area contributed by atoms with Gasteiger partial charge in [-0.3, -0.25) is 9.78 Å². The van der Waals surface area contributed by atoms with Crippen molar-refractivity contribution < 1.29 is 4.79 Å². The topological polar surface area (TPSA) is 63.0 Å². The van der Waals surface area contributed by atoms with E-state index < -0.39 is 0 Å². The summed E-state index contributed by atoms with van der Waals surface area (Å²) in [6, 6.07) is 4.08. The lowest BCUT2D eigenvalue weighted by Crippen LogP contribution is -2.45. The number of carbonyl (C=O) groups excluding carboxylic acids is 1. The molecule has 0 radical (unpaired) electrons. The third-order valence-corrected chi connectivity index (χ3v) is 5.24. The van der Waals surface area contributed by atoms with E-state index >= 15 is 0 Å². The van der Waals surface area contributed by atoms with Crippen LogP contribution in [0.4, 0.5) is 5.95 Å². The average molecular weight is 341 g/mol. The third-order valence-electron chi connectivity index (χ3n) is 4.56. The first-order chi connectivity index (χ1) is 11.7. The predicted molar refractivity (Wildman–Crippen MR) is 95.5 cm³/mol. The molecule has 0 atom stereocenters. The first kappa shape index (κ1) is 15.1. The first-order valence-corrected chi connectivity index (χ1v) is 9.01. The molecule has 1 saturated heterocycles. The standard InChI is InChI=1S/C17H19N5OS/c1-21-15-2-6-18-10-14(15)20-17(21)22-7-3-13(4-8-22)19-16(23)12-5-9-24-11-12/h2,5-6,9-11,13H,3-4,7-8H2,1H3,(H,19,23). The highest BCUT2D eigenvalue weighted by molar-refractivity contribution is 7.08. The van der Waals surface area contributed by atoms with Gasteiger partial charge in [0.25, 0.3) is 5.91 Å². The number of thiophene rings is 1. The van der Waals surface area contributed by atoms with Crippen molar-refractivity contribution in [2.75, 3.05) is 18.0 Å². The summed E-state index contributed by atoms with van der Waals surface area (Å²) in [7, 11) is 2.04. The number of nitrogens with zero attached hydrogens (tertiary/aromatic N) is 4. The average Bonchev–Trinajstić information content (AvgIpc) is 3.25. The summed E-state index contributed by atoms with van der Waals surface area (Å²) in [4.78, 5) is 23.3. The molecule has 4 rings (SSSR count). The van der Waals surface area contributed by atoms with Gasteiger partial charge in [-0.1, -0.05) is 0 Å². The van der Waals surface area contributed by atoms with Crippen LogP contribution in [-0.4, -0.2) is 39.6 Å². The number of hydrogen-bond acceptors (Lipinski definition) is 5. The molecule has 124 valence electrons. The molecule has 7 heteroatoms. The molecule has 4 heterocycles. The van der Waals surface area contributed by atoms with E-state index in [0.29, 0.717) is 0 Å². The monoisotopic (exact) mass is 341 g/mol. The van der Waals surface area contributed by atoms with Crippen molar-refractivity contribution in [3.8, 4) is 0 Å². The van der Waals surface area contributed by atoms with Crippen LogP contribution in [0.3, 0.4) is 0 Å². The van der Waals surface area contributed by atoms with Crippen molar-refractivity contribution in [2.45, 2.75) is 18.9 Å². The molecule has 0 aliphatic carbocycles. The van der Waals surface area contributed by atoms with Crippen LogP contribution in [0.15, 0.2) is 35.3 Å². The minimum atomic E-state index is 0.0310. The van der Waals surface area contributed by atoms with Crippen LogP contribution >= 0.6 is 11.3 Å². The Hall–Kier alpha value is -2.41. The zero-order valence-electron chi connectivity index (χ0n) is 13.5. The summed E-state index contributed by atoms with van der Waals surface area (Å²) in [5.41, 5.74) is 2.76. The van der Waals surface area contributed by atoms with E-state index in [1.807, 2.05) is 29.9 Å². The number of piperidine rings is 1. The van der Waals surface area contributed by atoms with Gasteiger partial charge in [0.2, 0.25) is 5.95 Å². The fourth-order valence-corrected chi connectivity index (χ4v) is 3.84. The Morgan fingerprint density at radius 1 is 1.33 bits per heavy atom. The summed E-state index contributed by atoms with van der Waals surface area (Å²) in [5, 5.41) is 6.95. The molecule has 1 N–H and O–H groups in total. The van der Waals surface area contributed by atoms with E-state index in [-0.39, 0.29) is 11.9 Å². The minimum Gasteiger partial charge on any atom is -0.349 e. The second-order valence-corrected chi connectivity index (χ2v) is 6.86. The van der Waals surface area contributed by atoms with Gasteiger partial charge in [0.15, 0.2) is 0 Å². The lowest BCUT2D eigenvalue weighted by atomic mass is 10.0. The van der Waals surface area contributed by atoms with Gasteiger partial charge in [-0.2, -0.15) is 11.3 Å². The second-order valence-electron chi connectivity index (χ2n) is 6.08. The zero-order valence-corrected chi connectivity index (χ0v) is 14.3. The third kappa shape index (κ3) is 2.75. The van der Waals surface area contributed by atoms with E-state index in [1.165, 1.54) is 0 Å². The van der Waals surface area contributed by atoms with Gasteiger partial charge in [-0.15, -0.1) is 0 Å². The normalized spacial score (nSPS) is 15.8. The van der Waals surface area contributed by atoms with Crippen molar-refractivity contribution in [3.63, 3.8) is 0 Å². The summed E-state index contributed by atoms with van der Waals surface area (Å²) in [6.07, 6.45) is 5.45. The van der Waals surface area contributed by atoms with Crippen LogP contribution in [0.1, 0.15) is 23.2 Å².